The molecule has 1 rings (SSSR count). The van der Waals surface area contributed by atoms with Gasteiger partial charge < -0.3 is 39.4 Å². The molecular weight excluding hydrogens is 776 g/mol. The normalized spacial score (nSPS) is 13.5. The van der Waals surface area contributed by atoms with Crippen molar-refractivity contribution >= 4 is 41.5 Å². The molecule has 0 saturated heterocycles. The van der Waals surface area contributed by atoms with E-state index < -0.39 is 78.5 Å². The van der Waals surface area contributed by atoms with Crippen LogP contribution in [0.15, 0.2) is 36.4 Å². The minimum Gasteiger partial charge on any atom is -0.481 e. The number of nitrogens with zero attached hydrogens (tertiary/aromatic N) is 1. The van der Waals surface area contributed by atoms with E-state index in [1.165, 1.54) is 38.4 Å². The molecule has 0 aliphatic carbocycles. The number of amides is 2. The van der Waals surface area contributed by atoms with Crippen molar-refractivity contribution < 1.29 is 62.7 Å². The Balaban J connectivity index is 3.31. The van der Waals surface area contributed by atoms with E-state index in [9.17, 15) is 43.8 Å². The number of carbonyl (C=O) groups excluding carboxylic acids is 6. The number of hydrogen-bond acceptors (Lipinski definition) is 12. The number of carboxylic acids is 1. The number of carboxylic acid groups (broad SMARTS) is 1. The third kappa shape index (κ3) is 21.2. The molecule has 0 radical (unpaired) electrons. The van der Waals surface area contributed by atoms with E-state index in [-0.39, 0.29) is 18.8 Å². The molecule has 1 unspecified atom stereocenters. The summed E-state index contributed by atoms with van der Waals surface area (Å²) >= 11 is 0. The number of esters is 3. The molecule has 0 aromatic heterocycles. The molecule has 15 heteroatoms. The van der Waals surface area contributed by atoms with Gasteiger partial charge >= 0.3 is 23.9 Å². The van der Waals surface area contributed by atoms with Crippen molar-refractivity contribution in [2.24, 2.45) is 11.8 Å². The second-order valence-corrected chi connectivity index (χ2v) is 15.1. The molecule has 0 heterocycles. The Morgan fingerprint density at radius 1 is 0.867 bits per heavy atom. The number of ketones is 1. The van der Waals surface area contributed by atoms with Gasteiger partial charge in [-0.2, -0.15) is 0 Å². The van der Waals surface area contributed by atoms with Gasteiger partial charge in [0.15, 0.2) is 12.2 Å². The molecule has 60 heavy (non-hydrogen) atoms. The van der Waals surface area contributed by atoms with E-state index in [0.717, 1.165) is 51.0 Å². The zero-order valence-electron chi connectivity index (χ0n) is 36.4. The van der Waals surface area contributed by atoms with Gasteiger partial charge in [-0.15, -0.1) is 5.92 Å². The number of benzene rings is 1. The minimum atomic E-state index is -3.11. The SMILES string of the molecule is CC#CCOc1ccc(C[C@H](NC(=O)[C@@H](/C=C/CCCCCCC(=O)CCCCCCC)[C@@](O)(CC(=O)OC(C)OC(=O)C(C)C)C(=O)O)C(=O)OCC(=O)N(C)C)cc1. The molecular formula is C45H66N2O13. The van der Waals surface area contributed by atoms with E-state index in [2.05, 4.69) is 24.1 Å². The molecule has 0 saturated carbocycles. The molecule has 2 amide bonds. The van der Waals surface area contributed by atoms with Gasteiger partial charge in [0.2, 0.25) is 12.2 Å². The number of unbranched alkanes of at least 4 members (excludes halogenated alkanes) is 8. The van der Waals surface area contributed by atoms with Gasteiger partial charge in [-0.1, -0.05) is 89.5 Å². The number of aliphatic hydroxyl groups is 1. The zero-order chi connectivity index (χ0) is 45.1. The van der Waals surface area contributed by atoms with Crippen molar-refractivity contribution in [3.8, 4) is 17.6 Å². The standard InChI is InChI=1S/C45H66N2O13/c1-8-10-12-15-18-21-35(48)22-19-16-13-14-17-20-23-37(45(56,44(54)55)30-40(50)59-33(5)60-42(52)32(3)4)41(51)46-38(43(53)58-31-39(49)47(6)7)29-34-24-26-36(27-25-34)57-28-11-9-2/h20,23-27,32-33,37-38,56H,8,10,12-19,21-22,28-31H2,1-7H3,(H,46,51)(H,54,55)/b23-20+/t33?,37-,38+,45+/m1/s1. The maximum absolute atomic E-state index is 14.1. The predicted molar refractivity (Wildman–Crippen MR) is 223 cm³/mol. The predicted octanol–water partition coefficient (Wildman–Crippen LogP) is 5.48. The van der Waals surface area contributed by atoms with Crippen LogP contribution in [0.2, 0.25) is 0 Å². The summed E-state index contributed by atoms with van der Waals surface area (Å²) in [6, 6.07) is 5.02. The lowest BCUT2D eigenvalue weighted by molar-refractivity contribution is -0.193. The number of Topliss-reactive ketones (excluding diaryl/α,β-unsaturated/α-hetero) is 1. The fourth-order valence-electron chi connectivity index (χ4n) is 5.74. The Labute approximate surface area is 354 Å². The number of carbonyl (C=O) groups is 7. The van der Waals surface area contributed by atoms with Gasteiger partial charge in [-0.3, -0.25) is 24.0 Å². The number of allylic oxidation sites excluding steroid dienone is 1. The average molecular weight is 843 g/mol. The first-order valence-electron chi connectivity index (χ1n) is 20.8. The summed E-state index contributed by atoms with van der Waals surface area (Å²) in [4.78, 5) is 91.1. The molecule has 0 aliphatic heterocycles. The lowest BCUT2D eigenvalue weighted by atomic mass is 9.82. The number of aliphatic carboxylic acids is 1. The minimum absolute atomic E-state index is 0.151. The first-order chi connectivity index (χ1) is 28.4. The summed E-state index contributed by atoms with van der Waals surface area (Å²) in [6.45, 7) is 7.68. The molecule has 1 aromatic rings. The molecule has 15 nitrogen and oxygen atoms in total. The highest BCUT2D eigenvalue weighted by Crippen LogP contribution is 2.27. The van der Waals surface area contributed by atoms with Crippen molar-refractivity contribution in [3.63, 3.8) is 0 Å². The second-order valence-electron chi connectivity index (χ2n) is 15.1. The Hall–Kier alpha value is -5.23. The van der Waals surface area contributed by atoms with Crippen LogP contribution in [0.3, 0.4) is 0 Å². The summed E-state index contributed by atoms with van der Waals surface area (Å²) in [5, 5.41) is 24.5. The van der Waals surface area contributed by atoms with Gasteiger partial charge in [0.1, 0.15) is 24.2 Å². The zero-order valence-corrected chi connectivity index (χ0v) is 36.4. The second kappa shape index (κ2) is 29.1. The third-order valence-electron chi connectivity index (χ3n) is 9.38. The highest BCUT2D eigenvalue weighted by Gasteiger charge is 2.50. The molecule has 0 bridgehead atoms. The summed E-state index contributed by atoms with van der Waals surface area (Å²) in [6.07, 6.45) is 9.52. The van der Waals surface area contributed by atoms with Gasteiger partial charge in [0.05, 0.1) is 18.3 Å². The van der Waals surface area contributed by atoms with E-state index in [1.54, 1.807) is 45.0 Å². The van der Waals surface area contributed by atoms with Crippen LogP contribution in [0.1, 0.15) is 124 Å². The molecule has 4 atom stereocenters. The van der Waals surface area contributed by atoms with Crippen LogP contribution in [-0.4, -0.2) is 102 Å². The maximum atomic E-state index is 14.1. The van der Waals surface area contributed by atoms with E-state index in [4.69, 9.17) is 18.9 Å². The number of hydrogen-bond donors (Lipinski definition) is 3. The highest BCUT2D eigenvalue weighted by molar-refractivity contribution is 5.95. The van der Waals surface area contributed by atoms with E-state index in [1.807, 2.05) is 0 Å². The van der Waals surface area contributed by atoms with Crippen LogP contribution in [0, 0.1) is 23.7 Å². The first kappa shape index (κ1) is 52.8. The van der Waals surface area contributed by atoms with Crippen molar-refractivity contribution in [2.75, 3.05) is 27.3 Å². The lowest BCUT2D eigenvalue weighted by Gasteiger charge is -2.30. The van der Waals surface area contributed by atoms with Gasteiger partial charge in [0.25, 0.3) is 5.91 Å². The number of nitrogens with one attached hydrogen (secondary N) is 1. The first-order valence-corrected chi connectivity index (χ1v) is 20.8. The van der Waals surface area contributed by atoms with Gasteiger partial charge in [0, 0.05) is 40.3 Å². The van der Waals surface area contributed by atoms with Crippen molar-refractivity contribution in [3.05, 3.63) is 42.0 Å². The molecule has 0 fully saturated rings. The Morgan fingerprint density at radius 3 is 2.05 bits per heavy atom. The van der Waals surface area contributed by atoms with Crippen LogP contribution in [0.5, 0.6) is 5.75 Å². The summed E-state index contributed by atoms with van der Waals surface area (Å²) in [7, 11) is 2.93. The van der Waals surface area contributed by atoms with Gasteiger partial charge in [-0.25, -0.2) is 9.59 Å². The molecule has 334 valence electrons. The van der Waals surface area contributed by atoms with Crippen LogP contribution in [-0.2, 0) is 54.2 Å². The average Bonchev–Trinajstić information content (AvgIpc) is 3.19. The smallest absolute Gasteiger partial charge is 0.337 e. The highest BCUT2D eigenvalue weighted by atomic mass is 16.7. The van der Waals surface area contributed by atoms with Gasteiger partial charge in [-0.05, 0) is 50.3 Å². The number of rotatable bonds is 30. The Morgan fingerprint density at radius 2 is 1.48 bits per heavy atom. The fraction of sp³-hybridized carbons (Fsp3) is 0.622. The molecule has 3 N–H and O–H groups in total. The van der Waals surface area contributed by atoms with E-state index in [0.29, 0.717) is 37.0 Å². The maximum Gasteiger partial charge on any atom is 0.337 e. The van der Waals surface area contributed by atoms with E-state index >= 15 is 0 Å². The summed E-state index contributed by atoms with van der Waals surface area (Å²) < 4.78 is 20.9. The Bertz CT molecular complexity index is 1630. The Kier molecular flexibility index (Phi) is 25.6. The quantitative estimate of drug-likeness (QED) is 0.0288. The largest absolute Gasteiger partial charge is 0.481 e. The number of likely N-dealkylation sites (N-methyl/N-ethyl adjacent to an activating group) is 1. The summed E-state index contributed by atoms with van der Waals surface area (Å²) in [5.41, 5.74) is -2.58. The van der Waals surface area contributed by atoms with Crippen LogP contribution in [0.4, 0.5) is 0 Å². The van der Waals surface area contributed by atoms with Crippen molar-refractivity contribution in [1.82, 2.24) is 10.2 Å². The van der Waals surface area contributed by atoms with Crippen LogP contribution >= 0.6 is 0 Å². The molecule has 1 aromatic carbocycles. The van der Waals surface area contributed by atoms with Crippen LogP contribution < -0.4 is 10.1 Å². The van der Waals surface area contributed by atoms with Crippen LogP contribution in [0.25, 0.3) is 0 Å². The summed E-state index contributed by atoms with van der Waals surface area (Å²) in [5.74, 6) is -2.90. The third-order valence-corrected chi connectivity index (χ3v) is 9.38. The molecule has 0 aliphatic rings. The lowest BCUT2D eigenvalue weighted by Crippen LogP contribution is -2.56. The fourth-order valence-corrected chi connectivity index (χ4v) is 5.74. The topological polar surface area (TPSA) is 212 Å². The van der Waals surface area contributed by atoms with Crippen molar-refractivity contribution in [2.45, 2.75) is 142 Å². The van der Waals surface area contributed by atoms with Crippen molar-refractivity contribution in [1.29, 1.82) is 0 Å². The number of ether oxygens (including phenoxy) is 4. The molecule has 0 spiro atoms. The monoisotopic (exact) mass is 842 g/mol.